The zero-order valence-corrected chi connectivity index (χ0v) is 25.6. The first kappa shape index (κ1) is 28.9. The van der Waals surface area contributed by atoms with E-state index in [4.69, 9.17) is 4.74 Å². The van der Waals surface area contributed by atoms with Crippen LogP contribution in [0.3, 0.4) is 0 Å². The van der Waals surface area contributed by atoms with Crippen LogP contribution in [0.25, 0.3) is 21.3 Å². The molecule has 6 rings (SSSR count). The van der Waals surface area contributed by atoms with Crippen LogP contribution in [-0.4, -0.2) is 71.2 Å². The van der Waals surface area contributed by atoms with Crippen LogP contribution in [-0.2, 0) is 13.1 Å². The van der Waals surface area contributed by atoms with Crippen molar-refractivity contribution in [3.05, 3.63) is 67.8 Å². The summed E-state index contributed by atoms with van der Waals surface area (Å²) in [6.07, 6.45) is 2.52. The van der Waals surface area contributed by atoms with Crippen LogP contribution in [0.2, 0.25) is 0 Å². The van der Waals surface area contributed by atoms with Crippen LogP contribution >= 0.6 is 11.3 Å². The summed E-state index contributed by atoms with van der Waals surface area (Å²) in [7, 11) is 3.62. The van der Waals surface area contributed by atoms with Crippen molar-refractivity contribution in [2.75, 3.05) is 50.2 Å². The molecule has 3 aromatic heterocycles. The molecule has 43 heavy (non-hydrogen) atoms. The highest BCUT2D eigenvalue weighted by molar-refractivity contribution is 7.19. The predicted octanol–water partition coefficient (Wildman–Crippen LogP) is 2.60. The molecule has 0 bridgehead atoms. The Morgan fingerprint density at radius 3 is 2.74 bits per heavy atom. The van der Waals surface area contributed by atoms with Crippen LogP contribution in [0.15, 0.2) is 46.1 Å². The van der Waals surface area contributed by atoms with Crippen LogP contribution in [0.5, 0.6) is 5.75 Å². The minimum atomic E-state index is -0.359. The normalized spacial score (nSPS) is 19.7. The van der Waals surface area contributed by atoms with E-state index in [1.807, 2.05) is 46.1 Å². The summed E-state index contributed by atoms with van der Waals surface area (Å²) in [4.78, 5) is 35.9. The van der Waals surface area contributed by atoms with Gasteiger partial charge in [-0.2, -0.15) is 5.26 Å². The quantitative estimate of drug-likeness (QED) is 0.329. The highest BCUT2D eigenvalue weighted by Crippen LogP contribution is 2.46. The zero-order chi connectivity index (χ0) is 30.5. The van der Waals surface area contributed by atoms with Gasteiger partial charge in [-0.05, 0) is 38.5 Å². The molecule has 0 unspecified atom stereocenters. The molecule has 2 aliphatic heterocycles. The van der Waals surface area contributed by atoms with E-state index in [-0.39, 0.29) is 36.0 Å². The molecule has 12 heteroatoms. The van der Waals surface area contributed by atoms with E-state index in [0.717, 1.165) is 44.9 Å². The number of nitrogens with zero attached hydrogens (tertiary/aromatic N) is 6. The monoisotopic (exact) mass is 601 g/mol. The zero-order valence-electron chi connectivity index (χ0n) is 24.8. The number of pyridine rings is 1. The van der Waals surface area contributed by atoms with Crippen molar-refractivity contribution in [2.24, 2.45) is 0 Å². The van der Waals surface area contributed by atoms with Crippen molar-refractivity contribution in [1.29, 1.82) is 5.26 Å². The number of fused-ring (bicyclic) bond motifs is 2. The molecule has 0 spiro atoms. The number of anilines is 2. The van der Waals surface area contributed by atoms with Gasteiger partial charge < -0.3 is 25.0 Å². The number of aromatic nitrogens is 3. The maximum Gasteiger partial charge on any atom is 0.332 e. The molecule has 0 radical (unpaired) electrons. The molecular weight excluding hydrogens is 566 g/mol. The van der Waals surface area contributed by atoms with Gasteiger partial charge in [-0.3, -0.25) is 18.9 Å². The van der Waals surface area contributed by atoms with Gasteiger partial charge in [0.25, 0.3) is 5.56 Å². The number of thiophene rings is 1. The van der Waals surface area contributed by atoms with E-state index in [2.05, 4.69) is 21.3 Å². The molecule has 11 nitrogen and oxygen atoms in total. The Morgan fingerprint density at radius 1 is 1.23 bits per heavy atom. The predicted molar refractivity (Wildman–Crippen MR) is 169 cm³/mol. The summed E-state index contributed by atoms with van der Waals surface area (Å²) in [6, 6.07) is 11.5. The first-order valence-electron chi connectivity index (χ1n) is 14.4. The van der Waals surface area contributed by atoms with E-state index >= 15 is 0 Å². The lowest BCUT2D eigenvalue weighted by atomic mass is 9.95. The van der Waals surface area contributed by atoms with Gasteiger partial charge in [-0.15, -0.1) is 11.3 Å². The molecule has 4 aromatic rings. The molecule has 2 atom stereocenters. The lowest BCUT2D eigenvalue weighted by molar-refractivity contribution is 0.190. The molecule has 1 saturated heterocycles. The Bertz CT molecular complexity index is 1870. The highest BCUT2D eigenvalue weighted by atomic mass is 32.1. The number of nitrogens with one attached hydrogen (secondary N) is 1. The second-order valence-corrected chi connectivity index (χ2v) is 12.8. The van der Waals surface area contributed by atoms with Crippen molar-refractivity contribution in [2.45, 2.75) is 44.9 Å². The fraction of sp³-hybridized carbons (Fsp3) is 0.419. The van der Waals surface area contributed by atoms with Crippen LogP contribution in [0.1, 0.15) is 30.7 Å². The fourth-order valence-electron chi connectivity index (χ4n) is 6.24. The third kappa shape index (κ3) is 5.07. The van der Waals surface area contributed by atoms with Gasteiger partial charge in [0, 0.05) is 73.1 Å². The fourth-order valence-corrected chi connectivity index (χ4v) is 7.37. The first-order chi connectivity index (χ1) is 20.7. The van der Waals surface area contributed by atoms with Gasteiger partial charge in [-0.25, -0.2) is 4.79 Å². The maximum atomic E-state index is 13.3. The molecule has 5 heterocycles. The molecule has 1 fully saturated rings. The Labute approximate surface area is 253 Å². The number of aliphatic hydroxyl groups excluding tert-OH is 1. The van der Waals surface area contributed by atoms with Crippen molar-refractivity contribution in [1.82, 2.24) is 19.4 Å². The van der Waals surface area contributed by atoms with Gasteiger partial charge in [0.05, 0.1) is 47.2 Å². The smallest absolute Gasteiger partial charge is 0.332 e. The van der Waals surface area contributed by atoms with Gasteiger partial charge in [0.15, 0.2) is 0 Å². The third-order valence-electron chi connectivity index (χ3n) is 8.42. The number of aliphatic hydroxyl groups is 1. The average Bonchev–Trinajstić information content (AvgIpc) is 3.61. The second kappa shape index (κ2) is 11.1. The molecular formula is C31H35N7O4S. The lowest BCUT2D eigenvalue weighted by Gasteiger charge is -2.38. The van der Waals surface area contributed by atoms with Gasteiger partial charge in [0.1, 0.15) is 18.2 Å². The number of nitriles is 1. The summed E-state index contributed by atoms with van der Waals surface area (Å²) in [5, 5.41) is 23.3. The summed E-state index contributed by atoms with van der Waals surface area (Å²) in [6.45, 7) is 6.44. The first-order valence-corrected chi connectivity index (χ1v) is 15.2. The number of benzene rings is 1. The molecule has 1 aromatic carbocycles. The van der Waals surface area contributed by atoms with Crippen LogP contribution in [0, 0.1) is 11.3 Å². The largest absolute Gasteiger partial charge is 0.489 e. The van der Waals surface area contributed by atoms with Crippen LogP contribution < -0.4 is 31.1 Å². The summed E-state index contributed by atoms with van der Waals surface area (Å²) in [5.74, 6) is 1.23. The van der Waals surface area contributed by atoms with E-state index in [0.29, 0.717) is 36.8 Å². The number of hydrogen-bond donors (Lipinski definition) is 2. The Balaban J connectivity index is 1.46. The van der Waals surface area contributed by atoms with Crippen molar-refractivity contribution in [3.8, 4) is 22.9 Å². The van der Waals surface area contributed by atoms with Crippen molar-refractivity contribution >= 4 is 33.1 Å². The van der Waals surface area contributed by atoms with Gasteiger partial charge >= 0.3 is 5.69 Å². The van der Waals surface area contributed by atoms with E-state index in [1.54, 1.807) is 21.7 Å². The maximum absolute atomic E-state index is 13.3. The van der Waals surface area contributed by atoms with E-state index in [1.165, 1.54) is 22.0 Å². The van der Waals surface area contributed by atoms with Crippen molar-refractivity contribution in [3.63, 3.8) is 0 Å². The second-order valence-electron chi connectivity index (χ2n) is 11.6. The van der Waals surface area contributed by atoms with Crippen molar-refractivity contribution < 1.29 is 9.84 Å². The van der Waals surface area contributed by atoms with Gasteiger partial charge in [-0.1, -0.05) is 0 Å². The summed E-state index contributed by atoms with van der Waals surface area (Å²) < 4.78 is 9.87. The Kier molecular flexibility index (Phi) is 7.50. The molecule has 0 saturated carbocycles. The summed E-state index contributed by atoms with van der Waals surface area (Å²) >= 11 is 1.49. The number of ether oxygens (including phenoxy) is 1. The molecule has 0 amide bonds. The Morgan fingerprint density at radius 2 is 2.05 bits per heavy atom. The average molecular weight is 602 g/mol. The lowest BCUT2D eigenvalue weighted by Crippen LogP contribution is -2.42. The number of rotatable bonds is 7. The highest BCUT2D eigenvalue weighted by Gasteiger charge is 2.39. The SMILES string of the molecule is CCn1c(N(C)C)cc(=O)n(Cc2cc3nccc(-c4cc(C#N)cc5c4N([C@@H]4CN[C@@](C)(CO)C4)CCO5)c3s2)c1=O. The molecule has 2 aliphatic rings. The molecule has 0 aliphatic carbocycles. The van der Waals surface area contributed by atoms with Gasteiger partial charge in [0.2, 0.25) is 0 Å². The minimum Gasteiger partial charge on any atom is -0.489 e. The molecule has 2 N–H and O–H groups in total. The van der Waals surface area contributed by atoms with Crippen LogP contribution in [0.4, 0.5) is 11.5 Å². The Hall–Kier alpha value is -4.18. The standard InChI is InChI=1S/C31H35N7O4S/c1-5-36-26(35(3)4)13-27(40)38(30(36)41)17-21-12-24-29(43-21)22(6-7-33-24)23-10-19(15-32)11-25-28(23)37(8-9-42-25)20-14-31(2,18-39)34-16-20/h6-7,10-13,20,34,39H,5,8-9,14,16-18H2,1-4H3/t20-,31+/m0/s1. The topological polar surface area (TPSA) is 129 Å². The third-order valence-corrected chi connectivity index (χ3v) is 9.56. The van der Waals surface area contributed by atoms with E-state index in [9.17, 15) is 20.0 Å². The molecule has 224 valence electrons. The summed E-state index contributed by atoms with van der Waals surface area (Å²) in [5.41, 5.74) is 2.87. The minimum absolute atomic E-state index is 0.0498. The van der Waals surface area contributed by atoms with E-state index < -0.39 is 0 Å². The number of hydrogen-bond acceptors (Lipinski definition) is 10.